The van der Waals surface area contributed by atoms with Crippen LogP contribution in [0.5, 0.6) is 0 Å². The molecule has 0 aliphatic rings. The molecule has 0 aromatic heterocycles. The average Bonchev–Trinajstić information content (AvgIpc) is 2.10. The van der Waals surface area contributed by atoms with Gasteiger partial charge >= 0.3 is 5.97 Å². The molecule has 0 bridgehead atoms. The maximum absolute atomic E-state index is 12.9. The number of carboxylic acids is 1. The first-order valence-corrected chi connectivity index (χ1v) is 4.00. The Labute approximate surface area is 79.4 Å². The summed E-state index contributed by atoms with van der Waals surface area (Å²) >= 11 is 0. The lowest BCUT2D eigenvalue weighted by molar-refractivity contribution is -0.136. The molecule has 0 fully saturated rings. The van der Waals surface area contributed by atoms with Gasteiger partial charge in [0.2, 0.25) is 0 Å². The summed E-state index contributed by atoms with van der Waals surface area (Å²) in [6.07, 6.45) is -0.143. The van der Waals surface area contributed by atoms with Crippen molar-refractivity contribution in [2.45, 2.75) is 6.42 Å². The van der Waals surface area contributed by atoms with Crippen LogP contribution in [-0.2, 0) is 4.79 Å². The predicted octanol–water partition coefficient (Wildman–Crippen LogP) is 1.85. The minimum Gasteiger partial charge on any atom is -0.481 e. The second-order valence-electron chi connectivity index (χ2n) is 2.69. The van der Waals surface area contributed by atoms with Gasteiger partial charge in [0.25, 0.3) is 0 Å². The van der Waals surface area contributed by atoms with E-state index in [9.17, 15) is 13.6 Å². The van der Waals surface area contributed by atoms with Crippen molar-refractivity contribution in [3.05, 3.63) is 29.8 Å². The topological polar surface area (TPSA) is 49.3 Å². The van der Waals surface area contributed by atoms with E-state index >= 15 is 0 Å². The number of halogens is 2. The Morgan fingerprint density at radius 3 is 2.79 bits per heavy atom. The van der Waals surface area contributed by atoms with E-state index in [2.05, 4.69) is 5.32 Å². The third-order valence-electron chi connectivity index (χ3n) is 1.58. The van der Waals surface area contributed by atoms with Crippen molar-refractivity contribution < 1.29 is 18.7 Å². The molecule has 3 nitrogen and oxygen atoms in total. The molecule has 2 N–H and O–H groups in total. The Bertz CT molecular complexity index is 342. The second-order valence-corrected chi connectivity index (χ2v) is 2.69. The first kappa shape index (κ1) is 10.4. The molecule has 0 unspecified atom stereocenters. The minimum atomic E-state index is -0.991. The molecule has 0 aliphatic heterocycles. The summed E-state index contributed by atoms with van der Waals surface area (Å²) in [5, 5.41) is 10.8. The lowest BCUT2D eigenvalue weighted by atomic mass is 10.3. The van der Waals surface area contributed by atoms with Crippen molar-refractivity contribution in [1.29, 1.82) is 0 Å². The highest BCUT2D eigenvalue weighted by Gasteiger charge is 2.03. The quantitative estimate of drug-likeness (QED) is 0.781. The Morgan fingerprint density at radius 2 is 2.14 bits per heavy atom. The van der Waals surface area contributed by atoms with Crippen LogP contribution in [0.4, 0.5) is 14.5 Å². The number of rotatable bonds is 4. The summed E-state index contributed by atoms with van der Waals surface area (Å²) in [5.74, 6) is -2.16. The van der Waals surface area contributed by atoms with Crippen LogP contribution in [0.2, 0.25) is 0 Å². The molecule has 5 heteroatoms. The lowest BCUT2D eigenvalue weighted by Crippen LogP contribution is -2.08. The van der Waals surface area contributed by atoms with Gasteiger partial charge in [-0.25, -0.2) is 8.78 Å². The first-order valence-electron chi connectivity index (χ1n) is 4.00. The van der Waals surface area contributed by atoms with Crippen LogP contribution in [-0.4, -0.2) is 17.6 Å². The van der Waals surface area contributed by atoms with E-state index in [-0.39, 0.29) is 18.7 Å². The third kappa shape index (κ3) is 3.01. The van der Waals surface area contributed by atoms with Gasteiger partial charge in [-0.1, -0.05) is 0 Å². The fraction of sp³-hybridized carbons (Fsp3) is 0.222. The highest BCUT2D eigenvalue weighted by Crippen LogP contribution is 2.14. The summed E-state index contributed by atoms with van der Waals surface area (Å²) in [7, 11) is 0. The molecule has 76 valence electrons. The van der Waals surface area contributed by atoms with Gasteiger partial charge in [-0.3, -0.25) is 4.79 Å². The van der Waals surface area contributed by atoms with Gasteiger partial charge < -0.3 is 10.4 Å². The molecule has 1 aromatic rings. The minimum absolute atomic E-state index is 0.0220. The number of hydrogen-bond acceptors (Lipinski definition) is 2. The zero-order valence-electron chi connectivity index (χ0n) is 7.26. The van der Waals surface area contributed by atoms with Crippen molar-refractivity contribution in [3.8, 4) is 0 Å². The number of nitrogens with one attached hydrogen (secondary N) is 1. The number of carbonyl (C=O) groups is 1. The van der Waals surface area contributed by atoms with Crippen LogP contribution in [0.15, 0.2) is 18.2 Å². The number of aliphatic carboxylic acids is 1. The number of hydrogen-bond donors (Lipinski definition) is 2. The molecule has 0 atom stereocenters. The average molecular weight is 201 g/mol. The Hall–Kier alpha value is -1.65. The second kappa shape index (κ2) is 4.55. The summed E-state index contributed by atoms with van der Waals surface area (Å²) in [6.45, 7) is 0.0652. The highest BCUT2D eigenvalue weighted by atomic mass is 19.1. The van der Waals surface area contributed by atoms with Gasteiger partial charge in [-0.15, -0.1) is 0 Å². The number of carboxylic acid groups (broad SMARTS) is 1. The van der Waals surface area contributed by atoms with Gasteiger partial charge in [-0.2, -0.15) is 0 Å². The maximum Gasteiger partial charge on any atom is 0.305 e. The molecule has 0 saturated heterocycles. The Balaban J connectivity index is 2.57. The van der Waals surface area contributed by atoms with Gasteiger partial charge in [0.05, 0.1) is 12.1 Å². The van der Waals surface area contributed by atoms with E-state index in [4.69, 9.17) is 5.11 Å². The van der Waals surface area contributed by atoms with Gasteiger partial charge in [0, 0.05) is 6.54 Å². The zero-order chi connectivity index (χ0) is 10.6. The zero-order valence-corrected chi connectivity index (χ0v) is 7.26. The van der Waals surface area contributed by atoms with E-state index in [1.165, 1.54) is 0 Å². The van der Waals surface area contributed by atoms with Gasteiger partial charge in [-0.05, 0) is 18.2 Å². The molecular formula is C9H9F2NO2. The molecule has 0 saturated carbocycles. The molecule has 1 rings (SSSR count). The van der Waals surface area contributed by atoms with Crippen molar-refractivity contribution in [1.82, 2.24) is 0 Å². The van der Waals surface area contributed by atoms with Gasteiger partial charge in [0.15, 0.2) is 0 Å². The molecule has 0 radical (unpaired) electrons. The van der Waals surface area contributed by atoms with Crippen molar-refractivity contribution in [3.63, 3.8) is 0 Å². The molecule has 1 aromatic carbocycles. The molecule has 14 heavy (non-hydrogen) atoms. The molecule has 0 heterocycles. The van der Waals surface area contributed by atoms with Crippen LogP contribution >= 0.6 is 0 Å². The summed E-state index contributed by atoms with van der Waals surface area (Å²) in [6, 6.07) is 2.97. The highest BCUT2D eigenvalue weighted by molar-refractivity contribution is 5.67. The van der Waals surface area contributed by atoms with Crippen LogP contribution < -0.4 is 5.32 Å². The van der Waals surface area contributed by atoms with Crippen LogP contribution in [0.25, 0.3) is 0 Å². The number of benzene rings is 1. The predicted molar refractivity (Wildman–Crippen MR) is 47.1 cm³/mol. The summed E-state index contributed by atoms with van der Waals surface area (Å²) in [4.78, 5) is 10.1. The monoisotopic (exact) mass is 201 g/mol. The van der Waals surface area contributed by atoms with E-state index < -0.39 is 17.6 Å². The number of anilines is 1. The smallest absolute Gasteiger partial charge is 0.305 e. The SMILES string of the molecule is O=C(O)CCNc1cc(F)ccc1F. The van der Waals surface area contributed by atoms with Gasteiger partial charge in [0.1, 0.15) is 11.6 Å². The van der Waals surface area contributed by atoms with Crippen LogP contribution in [0.1, 0.15) is 6.42 Å². The molecular weight excluding hydrogens is 192 g/mol. The van der Waals surface area contributed by atoms with E-state index in [0.29, 0.717) is 0 Å². The Morgan fingerprint density at radius 1 is 1.43 bits per heavy atom. The van der Waals surface area contributed by atoms with E-state index in [1.54, 1.807) is 0 Å². The lowest BCUT2D eigenvalue weighted by Gasteiger charge is -2.05. The van der Waals surface area contributed by atoms with E-state index in [0.717, 1.165) is 18.2 Å². The maximum atomic E-state index is 12.9. The van der Waals surface area contributed by atoms with Crippen molar-refractivity contribution >= 4 is 11.7 Å². The van der Waals surface area contributed by atoms with Crippen molar-refractivity contribution in [2.24, 2.45) is 0 Å². The summed E-state index contributed by atoms with van der Waals surface area (Å²) < 4.78 is 25.5. The largest absolute Gasteiger partial charge is 0.481 e. The Kier molecular flexibility index (Phi) is 3.39. The van der Waals surface area contributed by atoms with Crippen LogP contribution in [0.3, 0.4) is 0 Å². The molecule has 0 aliphatic carbocycles. The first-order chi connectivity index (χ1) is 6.59. The standard InChI is InChI=1S/C9H9F2NO2/c10-6-1-2-7(11)8(5-6)12-4-3-9(13)14/h1-2,5,12H,3-4H2,(H,13,14). The van der Waals surface area contributed by atoms with Crippen LogP contribution in [0, 0.1) is 11.6 Å². The molecule has 0 amide bonds. The summed E-state index contributed by atoms with van der Waals surface area (Å²) in [5.41, 5.74) is -0.0220. The normalized spacial score (nSPS) is 9.86. The van der Waals surface area contributed by atoms with Crippen molar-refractivity contribution in [2.75, 3.05) is 11.9 Å². The third-order valence-corrected chi connectivity index (χ3v) is 1.58. The fourth-order valence-electron chi connectivity index (χ4n) is 0.937. The fourth-order valence-corrected chi connectivity index (χ4v) is 0.937. The van der Waals surface area contributed by atoms with E-state index in [1.807, 2.05) is 0 Å². The molecule has 0 spiro atoms.